The molecule has 1 aromatic rings. The van der Waals surface area contributed by atoms with E-state index in [1.807, 2.05) is 12.1 Å². The molecule has 3 nitrogen and oxygen atoms in total. The molecule has 18 heavy (non-hydrogen) atoms. The van der Waals surface area contributed by atoms with Crippen LogP contribution in [-0.2, 0) is 0 Å². The van der Waals surface area contributed by atoms with Crippen molar-refractivity contribution in [2.75, 3.05) is 33.7 Å². The van der Waals surface area contributed by atoms with Crippen molar-refractivity contribution in [1.29, 1.82) is 0 Å². The van der Waals surface area contributed by atoms with E-state index < -0.39 is 0 Å². The first-order chi connectivity index (χ1) is 8.58. The smallest absolute Gasteiger partial charge is 0.178 e. The number of likely N-dealkylation sites (N-methyl/N-ethyl adjacent to an activating group) is 1. The molecule has 0 aliphatic carbocycles. The number of carbonyl (C=O) groups is 1. The summed E-state index contributed by atoms with van der Waals surface area (Å²) >= 11 is 6.04. The molecule has 1 atom stereocenters. The van der Waals surface area contributed by atoms with E-state index in [0.717, 1.165) is 19.5 Å². The first-order valence-electron chi connectivity index (χ1n) is 6.24. The van der Waals surface area contributed by atoms with Gasteiger partial charge in [-0.05, 0) is 32.6 Å². The van der Waals surface area contributed by atoms with Crippen molar-refractivity contribution < 1.29 is 4.79 Å². The second kappa shape index (κ2) is 5.83. The van der Waals surface area contributed by atoms with Crippen molar-refractivity contribution in [1.82, 2.24) is 9.80 Å². The van der Waals surface area contributed by atoms with Gasteiger partial charge in [-0.1, -0.05) is 23.7 Å². The molecule has 0 aromatic heterocycles. The van der Waals surface area contributed by atoms with Crippen molar-refractivity contribution in [3.05, 3.63) is 34.9 Å². The van der Waals surface area contributed by atoms with Crippen LogP contribution >= 0.6 is 11.6 Å². The maximum absolute atomic E-state index is 12.2. The second-order valence-electron chi connectivity index (χ2n) is 5.04. The molecule has 1 unspecified atom stereocenters. The van der Waals surface area contributed by atoms with Crippen LogP contribution in [0.3, 0.4) is 0 Å². The molecular weight excluding hydrogens is 248 g/mol. The summed E-state index contributed by atoms with van der Waals surface area (Å²) in [6, 6.07) is 7.82. The van der Waals surface area contributed by atoms with Crippen molar-refractivity contribution in [2.24, 2.45) is 0 Å². The van der Waals surface area contributed by atoms with Crippen LogP contribution < -0.4 is 0 Å². The first-order valence-corrected chi connectivity index (χ1v) is 6.62. The molecule has 98 valence electrons. The number of hydrogen-bond acceptors (Lipinski definition) is 3. The van der Waals surface area contributed by atoms with Gasteiger partial charge in [-0.2, -0.15) is 0 Å². The molecule has 0 radical (unpaired) electrons. The number of nitrogens with zero attached hydrogens (tertiary/aromatic N) is 2. The van der Waals surface area contributed by atoms with Crippen LogP contribution in [0, 0.1) is 0 Å². The summed E-state index contributed by atoms with van der Waals surface area (Å²) < 4.78 is 0. The highest BCUT2D eigenvalue weighted by Crippen LogP contribution is 2.18. The predicted octanol–water partition coefficient (Wildman–Crippen LogP) is 2.16. The van der Waals surface area contributed by atoms with Gasteiger partial charge in [0.15, 0.2) is 5.78 Å². The Morgan fingerprint density at radius 1 is 1.44 bits per heavy atom. The summed E-state index contributed by atoms with van der Waals surface area (Å²) in [5.41, 5.74) is 0.632. The topological polar surface area (TPSA) is 23.6 Å². The molecule has 1 aliphatic rings. The molecule has 0 spiro atoms. The zero-order valence-corrected chi connectivity index (χ0v) is 11.7. The average molecular weight is 267 g/mol. The van der Waals surface area contributed by atoms with Gasteiger partial charge in [-0.3, -0.25) is 9.69 Å². The molecular formula is C14H19ClN2O. The van der Waals surface area contributed by atoms with Gasteiger partial charge in [0, 0.05) is 24.7 Å². The van der Waals surface area contributed by atoms with Gasteiger partial charge in [0.2, 0.25) is 0 Å². The van der Waals surface area contributed by atoms with Gasteiger partial charge in [-0.25, -0.2) is 0 Å². The number of rotatable bonds is 4. The van der Waals surface area contributed by atoms with Gasteiger partial charge < -0.3 is 4.90 Å². The lowest BCUT2D eigenvalue weighted by atomic mass is 10.1. The molecule has 1 aromatic carbocycles. The molecule has 0 amide bonds. The summed E-state index contributed by atoms with van der Waals surface area (Å²) in [7, 11) is 4.17. The molecule has 0 bridgehead atoms. The highest BCUT2D eigenvalue weighted by atomic mass is 35.5. The zero-order chi connectivity index (χ0) is 13.1. The van der Waals surface area contributed by atoms with Crippen LogP contribution in [0.25, 0.3) is 0 Å². The fraction of sp³-hybridized carbons (Fsp3) is 0.500. The molecule has 4 heteroatoms. The third-order valence-corrected chi connectivity index (χ3v) is 3.85. The van der Waals surface area contributed by atoms with Crippen LogP contribution in [0.4, 0.5) is 0 Å². The van der Waals surface area contributed by atoms with Crippen LogP contribution in [-0.4, -0.2) is 55.4 Å². The lowest BCUT2D eigenvalue weighted by molar-refractivity contribution is 0.0941. The summed E-state index contributed by atoms with van der Waals surface area (Å²) in [6.07, 6.45) is 1.13. The van der Waals surface area contributed by atoms with Gasteiger partial charge in [0.05, 0.1) is 11.6 Å². The predicted molar refractivity (Wildman–Crippen MR) is 74.3 cm³/mol. The number of likely N-dealkylation sites (tertiary alicyclic amines) is 1. The Morgan fingerprint density at radius 2 is 2.17 bits per heavy atom. The van der Waals surface area contributed by atoms with Crippen molar-refractivity contribution in [3.8, 4) is 0 Å². The van der Waals surface area contributed by atoms with Crippen molar-refractivity contribution >= 4 is 17.4 Å². The van der Waals surface area contributed by atoms with E-state index in [0.29, 0.717) is 23.2 Å². The van der Waals surface area contributed by atoms with Gasteiger partial charge in [0.1, 0.15) is 0 Å². The SMILES string of the molecule is CN(C)C1CCN(CC(=O)c2ccccc2Cl)C1. The van der Waals surface area contributed by atoms with Crippen LogP contribution in [0.2, 0.25) is 5.02 Å². The Bertz CT molecular complexity index is 434. The minimum Gasteiger partial charge on any atom is -0.305 e. The zero-order valence-electron chi connectivity index (χ0n) is 10.9. The fourth-order valence-corrected chi connectivity index (χ4v) is 2.59. The van der Waals surface area contributed by atoms with Crippen molar-refractivity contribution in [2.45, 2.75) is 12.5 Å². The highest BCUT2D eigenvalue weighted by molar-refractivity contribution is 6.34. The quantitative estimate of drug-likeness (QED) is 0.781. The van der Waals surface area contributed by atoms with Crippen LogP contribution in [0.1, 0.15) is 16.8 Å². The van der Waals surface area contributed by atoms with Crippen LogP contribution in [0.15, 0.2) is 24.3 Å². The Balaban J connectivity index is 1.95. The van der Waals surface area contributed by atoms with Gasteiger partial charge in [0.25, 0.3) is 0 Å². The van der Waals surface area contributed by atoms with Gasteiger partial charge in [-0.15, -0.1) is 0 Å². The third kappa shape index (κ3) is 3.10. The van der Waals surface area contributed by atoms with Gasteiger partial charge >= 0.3 is 0 Å². The van der Waals surface area contributed by atoms with E-state index >= 15 is 0 Å². The highest BCUT2D eigenvalue weighted by Gasteiger charge is 2.25. The lowest BCUT2D eigenvalue weighted by Crippen LogP contribution is -2.33. The summed E-state index contributed by atoms with van der Waals surface area (Å²) in [6.45, 7) is 2.41. The minimum atomic E-state index is 0.111. The molecule has 1 saturated heterocycles. The molecule has 0 saturated carbocycles. The van der Waals surface area contributed by atoms with E-state index in [1.165, 1.54) is 0 Å². The van der Waals surface area contributed by atoms with E-state index in [1.54, 1.807) is 12.1 Å². The normalized spacial score (nSPS) is 20.6. The Kier molecular flexibility index (Phi) is 4.38. The fourth-order valence-electron chi connectivity index (χ4n) is 2.35. The van der Waals surface area contributed by atoms with Crippen molar-refractivity contribution in [3.63, 3.8) is 0 Å². The molecule has 0 N–H and O–H groups in total. The molecule has 1 heterocycles. The maximum atomic E-state index is 12.2. The number of carbonyl (C=O) groups excluding carboxylic acids is 1. The molecule has 2 rings (SSSR count). The number of Topliss-reactive ketones (excluding diaryl/α,β-unsaturated/α-hetero) is 1. The number of halogens is 1. The Morgan fingerprint density at radius 3 is 2.78 bits per heavy atom. The summed E-state index contributed by atoms with van der Waals surface area (Å²) in [5, 5.41) is 0.547. The number of benzene rings is 1. The Labute approximate surface area is 113 Å². The summed E-state index contributed by atoms with van der Waals surface area (Å²) in [4.78, 5) is 16.6. The largest absolute Gasteiger partial charge is 0.305 e. The average Bonchev–Trinajstić information content (AvgIpc) is 2.78. The van der Waals surface area contributed by atoms with E-state index in [9.17, 15) is 4.79 Å². The van der Waals surface area contributed by atoms with E-state index in [4.69, 9.17) is 11.6 Å². The third-order valence-electron chi connectivity index (χ3n) is 3.52. The van der Waals surface area contributed by atoms with E-state index in [-0.39, 0.29) is 5.78 Å². The minimum absolute atomic E-state index is 0.111. The monoisotopic (exact) mass is 266 g/mol. The van der Waals surface area contributed by atoms with E-state index in [2.05, 4.69) is 23.9 Å². The Hall–Kier alpha value is -0.900. The molecule has 1 fully saturated rings. The standard InChI is InChI=1S/C14H19ClN2O/c1-16(2)11-7-8-17(9-11)10-14(18)12-5-3-4-6-13(12)15/h3-6,11H,7-10H2,1-2H3. The maximum Gasteiger partial charge on any atom is 0.178 e. The number of ketones is 1. The second-order valence-corrected chi connectivity index (χ2v) is 5.45. The first kappa shape index (κ1) is 13.5. The molecule has 1 aliphatic heterocycles. The lowest BCUT2D eigenvalue weighted by Gasteiger charge is -2.20. The number of hydrogen-bond donors (Lipinski definition) is 0. The summed E-state index contributed by atoms with van der Waals surface area (Å²) in [5.74, 6) is 0.111. The van der Waals surface area contributed by atoms with Crippen LogP contribution in [0.5, 0.6) is 0 Å².